The average molecular weight is 369 g/mol. The minimum absolute atomic E-state index is 0.0161. The summed E-state index contributed by atoms with van der Waals surface area (Å²) in [6, 6.07) is 13.1. The van der Waals surface area contributed by atoms with Gasteiger partial charge in [0.25, 0.3) is 11.6 Å². The molecule has 8 heteroatoms. The normalized spacial score (nSPS) is 14.1. The van der Waals surface area contributed by atoms with Gasteiger partial charge in [-0.2, -0.15) is 0 Å². The number of anilines is 2. The van der Waals surface area contributed by atoms with E-state index in [1.165, 1.54) is 19.1 Å². The van der Waals surface area contributed by atoms with E-state index in [4.69, 9.17) is 4.74 Å². The van der Waals surface area contributed by atoms with E-state index < -0.39 is 22.9 Å². The van der Waals surface area contributed by atoms with E-state index in [1.54, 1.807) is 24.3 Å². The maximum Gasteiger partial charge on any atom is 0.339 e. The summed E-state index contributed by atoms with van der Waals surface area (Å²) in [6.07, 6.45) is 0.880. The molecule has 1 amide bonds. The summed E-state index contributed by atoms with van der Waals surface area (Å²) >= 11 is 0. The van der Waals surface area contributed by atoms with Gasteiger partial charge in [-0.25, -0.2) is 4.79 Å². The molecule has 2 N–H and O–H groups in total. The topological polar surface area (TPSA) is 111 Å². The summed E-state index contributed by atoms with van der Waals surface area (Å²) in [5.41, 5.74) is 0.769. The van der Waals surface area contributed by atoms with E-state index in [9.17, 15) is 19.7 Å². The molecule has 27 heavy (non-hydrogen) atoms. The zero-order chi connectivity index (χ0) is 19.4. The van der Waals surface area contributed by atoms with Gasteiger partial charge in [0, 0.05) is 17.8 Å². The standard InChI is InChI=1S/C19H19N3O5/c1-12(18(23)21-14-5-3-2-4-6-14)27-19(24)13-7-10-16(20-15-8-9-15)17(11-13)22(25)26/h2-7,10-12,15,20H,8-9H2,1H3,(H,21,23)/t12-/m0/s1. The van der Waals surface area contributed by atoms with Crippen LogP contribution in [0, 0.1) is 10.1 Å². The average Bonchev–Trinajstić information content (AvgIpc) is 3.46. The van der Waals surface area contributed by atoms with Crippen LogP contribution in [0.25, 0.3) is 0 Å². The van der Waals surface area contributed by atoms with Gasteiger partial charge in [0.05, 0.1) is 10.5 Å². The number of carbonyl (C=O) groups is 2. The molecule has 0 aromatic heterocycles. The molecule has 2 aromatic rings. The van der Waals surface area contributed by atoms with E-state index in [0.717, 1.165) is 18.9 Å². The second-order valence-corrected chi connectivity index (χ2v) is 6.31. The third-order valence-electron chi connectivity index (χ3n) is 4.06. The molecular formula is C19H19N3O5. The van der Waals surface area contributed by atoms with Gasteiger partial charge in [0.15, 0.2) is 6.10 Å². The molecule has 0 unspecified atom stereocenters. The molecule has 0 saturated heterocycles. The lowest BCUT2D eigenvalue weighted by Crippen LogP contribution is -2.30. The molecule has 0 spiro atoms. The van der Waals surface area contributed by atoms with Gasteiger partial charge in [-0.1, -0.05) is 18.2 Å². The Morgan fingerprint density at radius 3 is 2.52 bits per heavy atom. The van der Waals surface area contributed by atoms with Crippen LogP contribution in [0.15, 0.2) is 48.5 Å². The number of nitrogens with zero attached hydrogens (tertiary/aromatic N) is 1. The number of nitro groups is 1. The number of carbonyl (C=O) groups excluding carboxylic acids is 2. The van der Waals surface area contributed by atoms with Crippen molar-refractivity contribution in [2.45, 2.75) is 31.9 Å². The fourth-order valence-electron chi connectivity index (χ4n) is 2.43. The minimum atomic E-state index is -1.05. The van der Waals surface area contributed by atoms with Gasteiger partial charge in [0.1, 0.15) is 5.69 Å². The van der Waals surface area contributed by atoms with Gasteiger partial charge in [-0.3, -0.25) is 14.9 Å². The van der Waals surface area contributed by atoms with Crippen LogP contribution in [-0.4, -0.2) is 28.9 Å². The van der Waals surface area contributed by atoms with Gasteiger partial charge >= 0.3 is 5.97 Å². The van der Waals surface area contributed by atoms with Crippen molar-refractivity contribution in [3.63, 3.8) is 0 Å². The highest BCUT2D eigenvalue weighted by atomic mass is 16.6. The van der Waals surface area contributed by atoms with E-state index in [2.05, 4.69) is 10.6 Å². The maximum atomic E-state index is 12.3. The maximum absolute atomic E-state index is 12.3. The molecule has 0 heterocycles. The molecule has 1 atom stereocenters. The second kappa shape index (κ2) is 7.86. The summed E-state index contributed by atoms with van der Waals surface area (Å²) in [7, 11) is 0. The number of para-hydroxylation sites is 1. The first-order valence-corrected chi connectivity index (χ1v) is 8.56. The molecule has 0 aliphatic heterocycles. The molecular weight excluding hydrogens is 350 g/mol. The van der Waals surface area contributed by atoms with Crippen molar-refractivity contribution in [3.8, 4) is 0 Å². The number of nitrogens with one attached hydrogen (secondary N) is 2. The summed E-state index contributed by atoms with van der Waals surface area (Å²) in [6.45, 7) is 1.44. The Labute approximate surface area is 155 Å². The highest BCUT2D eigenvalue weighted by Gasteiger charge is 2.26. The van der Waals surface area contributed by atoms with Crippen LogP contribution in [0.4, 0.5) is 17.1 Å². The lowest BCUT2D eigenvalue weighted by atomic mass is 10.1. The third kappa shape index (κ3) is 4.81. The molecule has 1 aliphatic carbocycles. The lowest BCUT2D eigenvalue weighted by Gasteiger charge is -2.14. The van der Waals surface area contributed by atoms with E-state index in [0.29, 0.717) is 11.4 Å². The van der Waals surface area contributed by atoms with Gasteiger partial charge in [0.2, 0.25) is 0 Å². The van der Waals surface area contributed by atoms with Crippen LogP contribution in [-0.2, 0) is 9.53 Å². The Kier molecular flexibility index (Phi) is 5.35. The number of ether oxygens (including phenoxy) is 1. The first kappa shape index (κ1) is 18.4. The number of benzene rings is 2. The Balaban J connectivity index is 1.66. The summed E-state index contributed by atoms with van der Waals surface area (Å²) in [5.74, 6) is -1.29. The highest BCUT2D eigenvalue weighted by molar-refractivity contribution is 5.97. The fraction of sp³-hybridized carbons (Fsp3) is 0.263. The Morgan fingerprint density at radius 2 is 1.89 bits per heavy atom. The van der Waals surface area contributed by atoms with Crippen LogP contribution in [0.1, 0.15) is 30.1 Å². The minimum Gasteiger partial charge on any atom is -0.449 e. The van der Waals surface area contributed by atoms with Gasteiger partial charge in [-0.15, -0.1) is 0 Å². The molecule has 1 aliphatic rings. The van der Waals surface area contributed by atoms with E-state index >= 15 is 0 Å². The Morgan fingerprint density at radius 1 is 1.19 bits per heavy atom. The summed E-state index contributed by atoms with van der Waals surface area (Å²) in [4.78, 5) is 35.2. The number of esters is 1. The second-order valence-electron chi connectivity index (χ2n) is 6.31. The quantitative estimate of drug-likeness (QED) is 0.440. The number of hydrogen-bond donors (Lipinski definition) is 2. The third-order valence-corrected chi connectivity index (χ3v) is 4.06. The molecule has 8 nitrogen and oxygen atoms in total. The predicted octanol–water partition coefficient (Wildman–Crippen LogP) is 3.35. The van der Waals surface area contributed by atoms with Crippen LogP contribution < -0.4 is 10.6 Å². The molecule has 0 radical (unpaired) electrons. The Bertz CT molecular complexity index is 865. The van der Waals surface area contributed by atoms with Crippen molar-refractivity contribution in [2.24, 2.45) is 0 Å². The lowest BCUT2D eigenvalue weighted by molar-refractivity contribution is -0.384. The van der Waals surface area contributed by atoms with Crippen LogP contribution in [0.5, 0.6) is 0 Å². The predicted molar refractivity (Wildman–Crippen MR) is 99.7 cm³/mol. The van der Waals surface area contributed by atoms with Gasteiger partial charge < -0.3 is 15.4 Å². The monoisotopic (exact) mass is 369 g/mol. The van der Waals surface area contributed by atoms with Crippen molar-refractivity contribution in [2.75, 3.05) is 10.6 Å². The Hall–Kier alpha value is -3.42. The first-order chi connectivity index (χ1) is 12.9. The number of hydrogen-bond acceptors (Lipinski definition) is 6. The zero-order valence-electron chi connectivity index (χ0n) is 14.7. The SMILES string of the molecule is C[C@H](OC(=O)c1ccc(NC2CC2)c([N+](=O)[O-])c1)C(=O)Nc1ccccc1. The zero-order valence-corrected chi connectivity index (χ0v) is 14.7. The van der Waals surface area contributed by atoms with Crippen molar-refractivity contribution in [1.82, 2.24) is 0 Å². The molecule has 1 saturated carbocycles. The molecule has 0 bridgehead atoms. The molecule has 3 rings (SSSR count). The number of rotatable bonds is 7. The molecule has 1 fully saturated rings. The van der Waals surface area contributed by atoms with Crippen molar-refractivity contribution >= 4 is 28.9 Å². The van der Waals surface area contributed by atoms with Crippen LogP contribution in [0.2, 0.25) is 0 Å². The van der Waals surface area contributed by atoms with Crippen LogP contribution >= 0.6 is 0 Å². The van der Waals surface area contributed by atoms with Gasteiger partial charge in [-0.05, 0) is 44.0 Å². The first-order valence-electron chi connectivity index (χ1n) is 8.56. The van der Waals surface area contributed by atoms with Crippen molar-refractivity contribution in [1.29, 1.82) is 0 Å². The number of amides is 1. The smallest absolute Gasteiger partial charge is 0.339 e. The largest absolute Gasteiger partial charge is 0.449 e. The molecule has 140 valence electrons. The van der Waals surface area contributed by atoms with E-state index in [1.807, 2.05) is 6.07 Å². The van der Waals surface area contributed by atoms with Crippen molar-refractivity contribution < 1.29 is 19.2 Å². The highest BCUT2D eigenvalue weighted by Crippen LogP contribution is 2.31. The van der Waals surface area contributed by atoms with Crippen molar-refractivity contribution in [3.05, 3.63) is 64.2 Å². The summed E-state index contributed by atoms with van der Waals surface area (Å²) < 4.78 is 5.14. The number of nitro benzene ring substituents is 1. The fourth-order valence-corrected chi connectivity index (χ4v) is 2.43. The molecule has 2 aromatic carbocycles. The summed E-state index contributed by atoms with van der Waals surface area (Å²) in [5, 5.41) is 17.0. The van der Waals surface area contributed by atoms with Crippen LogP contribution in [0.3, 0.4) is 0 Å². The van der Waals surface area contributed by atoms with E-state index in [-0.39, 0.29) is 17.3 Å².